The van der Waals surface area contributed by atoms with E-state index in [1.807, 2.05) is 0 Å². The largest absolute Gasteiger partial charge is 0.507 e. The zero-order valence-corrected chi connectivity index (χ0v) is 11.7. The number of nitrogens with zero attached hydrogens (tertiary/aromatic N) is 1. The summed E-state index contributed by atoms with van der Waals surface area (Å²) in [6.45, 7) is 0. The fourth-order valence-corrected chi connectivity index (χ4v) is 1.89. The van der Waals surface area contributed by atoms with Crippen LogP contribution in [-0.4, -0.2) is 18.4 Å². The van der Waals surface area contributed by atoms with E-state index in [0.717, 1.165) is 4.47 Å². The second-order valence-electron chi connectivity index (χ2n) is 3.78. The summed E-state index contributed by atoms with van der Waals surface area (Å²) < 4.78 is 19.1. The van der Waals surface area contributed by atoms with Gasteiger partial charge >= 0.3 is 0 Å². The number of phenolic OH excluding ortho intramolecular Hbond substituents is 1. The fraction of sp³-hybridized carbons (Fsp3) is 0.0714. The van der Waals surface area contributed by atoms with Crippen LogP contribution in [0.1, 0.15) is 5.56 Å². The van der Waals surface area contributed by atoms with Gasteiger partial charge in [-0.3, -0.25) is 4.99 Å². The summed E-state index contributed by atoms with van der Waals surface area (Å²) in [4.78, 5) is 4.11. The Morgan fingerprint density at radius 1 is 1.26 bits per heavy atom. The van der Waals surface area contributed by atoms with E-state index in [2.05, 4.69) is 20.9 Å². The van der Waals surface area contributed by atoms with Crippen molar-refractivity contribution < 1.29 is 14.2 Å². The van der Waals surface area contributed by atoms with E-state index < -0.39 is 5.82 Å². The molecule has 2 aromatic rings. The maximum Gasteiger partial charge on any atom is 0.167 e. The van der Waals surface area contributed by atoms with Crippen LogP contribution in [0.2, 0.25) is 0 Å². The molecule has 0 radical (unpaired) electrons. The third kappa shape index (κ3) is 3.32. The molecule has 0 fully saturated rings. The summed E-state index contributed by atoms with van der Waals surface area (Å²) in [5.74, 6) is -0.194. The molecule has 0 aliphatic heterocycles. The predicted octanol–water partition coefficient (Wildman–Crippen LogP) is 4.05. The molecule has 0 spiro atoms. The molecule has 0 saturated heterocycles. The van der Waals surface area contributed by atoms with Gasteiger partial charge in [0.25, 0.3) is 0 Å². The minimum Gasteiger partial charge on any atom is -0.507 e. The molecule has 3 nitrogen and oxygen atoms in total. The number of aromatic hydroxyl groups is 1. The van der Waals surface area contributed by atoms with Crippen LogP contribution in [0.3, 0.4) is 0 Å². The maximum absolute atomic E-state index is 13.5. The molecule has 2 rings (SSSR count). The molecule has 19 heavy (non-hydrogen) atoms. The monoisotopic (exact) mass is 323 g/mol. The van der Waals surface area contributed by atoms with Crippen molar-refractivity contribution in [2.75, 3.05) is 7.11 Å². The van der Waals surface area contributed by atoms with Crippen LogP contribution in [-0.2, 0) is 0 Å². The summed E-state index contributed by atoms with van der Waals surface area (Å²) in [5, 5.41) is 9.64. The Morgan fingerprint density at radius 3 is 2.74 bits per heavy atom. The van der Waals surface area contributed by atoms with Gasteiger partial charge in [-0.15, -0.1) is 0 Å². The first kappa shape index (κ1) is 13.5. The van der Waals surface area contributed by atoms with Gasteiger partial charge < -0.3 is 9.84 Å². The quantitative estimate of drug-likeness (QED) is 0.866. The van der Waals surface area contributed by atoms with E-state index >= 15 is 0 Å². The minimum atomic E-state index is -0.476. The number of phenols is 1. The van der Waals surface area contributed by atoms with Gasteiger partial charge in [0.1, 0.15) is 5.75 Å². The molecule has 0 aliphatic carbocycles. The molecule has 0 heterocycles. The molecular formula is C14H11BrFNO2. The Labute approximate surface area is 118 Å². The Balaban J connectivity index is 2.27. The summed E-state index contributed by atoms with van der Waals surface area (Å²) in [6, 6.07) is 9.40. The van der Waals surface area contributed by atoms with Gasteiger partial charge in [-0.2, -0.15) is 0 Å². The number of benzene rings is 2. The van der Waals surface area contributed by atoms with Crippen molar-refractivity contribution in [2.45, 2.75) is 0 Å². The lowest BCUT2D eigenvalue weighted by Gasteiger charge is -2.02. The van der Waals surface area contributed by atoms with Crippen LogP contribution in [0.4, 0.5) is 10.1 Å². The minimum absolute atomic E-state index is 0.112. The third-order valence-corrected chi connectivity index (χ3v) is 2.97. The normalized spacial score (nSPS) is 10.9. The molecule has 0 atom stereocenters. The van der Waals surface area contributed by atoms with Crippen molar-refractivity contribution in [1.82, 2.24) is 0 Å². The summed E-state index contributed by atoms with van der Waals surface area (Å²) >= 11 is 3.30. The van der Waals surface area contributed by atoms with Gasteiger partial charge in [0, 0.05) is 22.3 Å². The van der Waals surface area contributed by atoms with Crippen LogP contribution in [0.5, 0.6) is 11.5 Å². The van der Waals surface area contributed by atoms with E-state index in [1.54, 1.807) is 24.3 Å². The van der Waals surface area contributed by atoms with Crippen LogP contribution >= 0.6 is 15.9 Å². The van der Waals surface area contributed by atoms with Crippen LogP contribution in [0.15, 0.2) is 45.9 Å². The van der Waals surface area contributed by atoms with Gasteiger partial charge in [-0.1, -0.05) is 15.9 Å². The summed E-state index contributed by atoms with van der Waals surface area (Å²) in [7, 11) is 1.40. The van der Waals surface area contributed by atoms with Crippen molar-refractivity contribution in [3.05, 3.63) is 52.3 Å². The lowest BCUT2D eigenvalue weighted by molar-refractivity contribution is 0.386. The molecule has 0 aromatic heterocycles. The standard InChI is InChI=1S/C14H11BrFNO2/c1-19-14-5-3-11(7-12(14)16)17-8-9-6-10(15)2-4-13(9)18/h2-8,18H,1H3. The highest BCUT2D eigenvalue weighted by Crippen LogP contribution is 2.24. The zero-order valence-electron chi connectivity index (χ0n) is 10.1. The zero-order chi connectivity index (χ0) is 13.8. The topological polar surface area (TPSA) is 41.8 Å². The molecule has 0 saturated carbocycles. The Morgan fingerprint density at radius 2 is 2.05 bits per heavy atom. The highest BCUT2D eigenvalue weighted by molar-refractivity contribution is 9.10. The number of aliphatic imine (C=N–C) groups is 1. The van der Waals surface area contributed by atoms with Crippen molar-refractivity contribution in [2.24, 2.45) is 4.99 Å². The molecule has 1 N–H and O–H groups in total. The first-order valence-electron chi connectivity index (χ1n) is 5.46. The lowest BCUT2D eigenvalue weighted by atomic mass is 10.2. The molecule has 0 amide bonds. The van der Waals surface area contributed by atoms with Crippen LogP contribution in [0, 0.1) is 5.82 Å². The number of ether oxygens (including phenoxy) is 1. The van der Waals surface area contributed by atoms with E-state index in [0.29, 0.717) is 11.3 Å². The van der Waals surface area contributed by atoms with E-state index in [4.69, 9.17) is 4.74 Å². The molecular weight excluding hydrogens is 313 g/mol. The highest BCUT2D eigenvalue weighted by Gasteiger charge is 2.03. The molecule has 0 bridgehead atoms. The first-order chi connectivity index (χ1) is 9.10. The van der Waals surface area contributed by atoms with Gasteiger partial charge in [0.05, 0.1) is 12.8 Å². The Bertz CT molecular complexity index is 629. The van der Waals surface area contributed by atoms with Gasteiger partial charge in [-0.25, -0.2) is 4.39 Å². The number of hydrogen-bond donors (Lipinski definition) is 1. The second kappa shape index (κ2) is 5.84. The Hall–Kier alpha value is -1.88. The van der Waals surface area contributed by atoms with Crippen molar-refractivity contribution >= 4 is 27.8 Å². The fourth-order valence-electron chi connectivity index (χ4n) is 1.51. The number of hydrogen-bond acceptors (Lipinski definition) is 3. The Kier molecular flexibility index (Phi) is 4.16. The third-order valence-electron chi connectivity index (χ3n) is 2.48. The van der Waals surface area contributed by atoms with Crippen LogP contribution < -0.4 is 4.74 Å². The average molecular weight is 324 g/mol. The number of halogens is 2. The second-order valence-corrected chi connectivity index (χ2v) is 4.70. The molecule has 0 unspecified atom stereocenters. The summed E-state index contributed by atoms with van der Waals surface area (Å²) in [6.07, 6.45) is 1.47. The van der Waals surface area contributed by atoms with Gasteiger partial charge in [0.2, 0.25) is 0 Å². The van der Waals surface area contributed by atoms with E-state index in [9.17, 15) is 9.50 Å². The van der Waals surface area contributed by atoms with Gasteiger partial charge in [0.15, 0.2) is 11.6 Å². The van der Waals surface area contributed by atoms with Gasteiger partial charge in [-0.05, 0) is 30.3 Å². The highest BCUT2D eigenvalue weighted by atomic mass is 79.9. The number of methoxy groups -OCH3 is 1. The lowest BCUT2D eigenvalue weighted by Crippen LogP contribution is -1.87. The first-order valence-corrected chi connectivity index (χ1v) is 6.25. The van der Waals surface area contributed by atoms with E-state index in [-0.39, 0.29) is 11.5 Å². The van der Waals surface area contributed by atoms with Crippen molar-refractivity contribution in [3.8, 4) is 11.5 Å². The predicted molar refractivity (Wildman–Crippen MR) is 76.0 cm³/mol. The average Bonchev–Trinajstić information content (AvgIpc) is 2.40. The molecule has 0 aliphatic rings. The number of rotatable bonds is 3. The summed E-state index contributed by atoms with van der Waals surface area (Å²) in [5.41, 5.74) is 0.989. The molecule has 98 valence electrons. The maximum atomic E-state index is 13.5. The molecule has 2 aromatic carbocycles. The van der Waals surface area contributed by atoms with Crippen molar-refractivity contribution in [3.63, 3.8) is 0 Å². The SMILES string of the molecule is COc1ccc(N=Cc2cc(Br)ccc2O)cc1F. The molecule has 5 heteroatoms. The van der Waals surface area contributed by atoms with Crippen molar-refractivity contribution in [1.29, 1.82) is 0 Å². The van der Waals surface area contributed by atoms with E-state index in [1.165, 1.54) is 25.5 Å². The van der Waals surface area contributed by atoms with Crippen LogP contribution in [0.25, 0.3) is 0 Å². The smallest absolute Gasteiger partial charge is 0.167 e.